The van der Waals surface area contributed by atoms with Crippen molar-refractivity contribution >= 4 is 70.8 Å². The molecule has 3 heteroatoms. The topological polar surface area (TPSA) is 14.3 Å². The number of para-hydroxylation sites is 4. The standard InChI is InChI=1S/C38H23N3/c1-3-11-24(12-4-1)40-33-18-10-8-16-28(33)35-34(40)20-19-27-31-23-30-26-15-7-9-17-32(26)41(25-13-5-2-6-14-25)37(30)29-21-22-39(36(29)31)38(27)35/h1-23H. The van der Waals surface area contributed by atoms with E-state index in [9.17, 15) is 0 Å². The predicted molar refractivity (Wildman–Crippen MR) is 172 cm³/mol. The zero-order valence-electron chi connectivity index (χ0n) is 22.1. The summed E-state index contributed by atoms with van der Waals surface area (Å²) in [4.78, 5) is 0. The van der Waals surface area contributed by atoms with Crippen molar-refractivity contribution in [3.63, 3.8) is 0 Å². The maximum atomic E-state index is 2.44. The summed E-state index contributed by atoms with van der Waals surface area (Å²) in [5.74, 6) is 0. The lowest BCUT2D eigenvalue weighted by Gasteiger charge is -2.08. The number of hydrogen-bond donors (Lipinski definition) is 0. The predicted octanol–water partition coefficient (Wildman–Crippen LogP) is 9.88. The van der Waals surface area contributed by atoms with E-state index >= 15 is 0 Å². The molecule has 0 bridgehead atoms. The van der Waals surface area contributed by atoms with Gasteiger partial charge in [0.15, 0.2) is 0 Å². The van der Waals surface area contributed by atoms with Crippen LogP contribution in [-0.2, 0) is 0 Å². The summed E-state index contributed by atoms with van der Waals surface area (Å²) < 4.78 is 7.28. The first-order chi connectivity index (χ1) is 20.4. The molecule has 10 rings (SSSR count). The Hall–Kier alpha value is -5.54. The Kier molecular flexibility index (Phi) is 3.93. The molecule has 4 heterocycles. The summed E-state index contributed by atoms with van der Waals surface area (Å²) in [5, 5.41) is 9.05. The monoisotopic (exact) mass is 521 g/mol. The summed E-state index contributed by atoms with van der Waals surface area (Å²) in [6, 6.07) is 48.5. The maximum Gasteiger partial charge on any atom is 0.0635 e. The van der Waals surface area contributed by atoms with Gasteiger partial charge in [0.1, 0.15) is 0 Å². The summed E-state index contributed by atoms with van der Waals surface area (Å²) in [5.41, 5.74) is 9.90. The molecule has 0 saturated heterocycles. The highest BCUT2D eigenvalue weighted by atomic mass is 15.0. The van der Waals surface area contributed by atoms with Crippen molar-refractivity contribution in [1.29, 1.82) is 0 Å². The van der Waals surface area contributed by atoms with Gasteiger partial charge in [-0.25, -0.2) is 0 Å². The second-order valence-electron chi connectivity index (χ2n) is 11.0. The minimum atomic E-state index is 1.18. The van der Waals surface area contributed by atoms with Gasteiger partial charge in [0, 0.05) is 55.3 Å². The first kappa shape index (κ1) is 21.3. The fraction of sp³-hybridized carbons (Fsp3) is 0. The van der Waals surface area contributed by atoms with Crippen LogP contribution >= 0.6 is 0 Å². The first-order valence-corrected chi connectivity index (χ1v) is 14.1. The smallest absolute Gasteiger partial charge is 0.0635 e. The minimum Gasteiger partial charge on any atom is -0.315 e. The van der Waals surface area contributed by atoms with Gasteiger partial charge in [-0.1, -0.05) is 78.9 Å². The third-order valence-electron chi connectivity index (χ3n) is 8.97. The Balaban J connectivity index is 1.43. The van der Waals surface area contributed by atoms with Crippen molar-refractivity contribution in [2.24, 2.45) is 0 Å². The van der Waals surface area contributed by atoms with Gasteiger partial charge < -0.3 is 13.5 Å². The Labute approximate surface area is 235 Å². The van der Waals surface area contributed by atoms with Crippen LogP contribution in [0.5, 0.6) is 0 Å². The number of aromatic nitrogens is 3. The average Bonchev–Trinajstić information content (AvgIpc) is 3.78. The molecule has 0 N–H and O–H groups in total. The van der Waals surface area contributed by atoms with Gasteiger partial charge in [-0.15, -0.1) is 0 Å². The molecule has 0 saturated carbocycles. The molecule has 190 valence electrons. The van der Waals surface area contributed by atoms with Crippen LogP contribution in [0.15, 0.2) is 140 Å². The molecule has 0 amide bonds. The summed E-state index contributed by atoms with van der Waals surface area (Å²) in [7, 11) is 0. The highest BCUT2D eigenvalue weighted by Gasteiger charge is 2.23. The second-order valence-corrected chi connectivity index (χ2v) is 11.0. The van der Waals surface area contributed by atoms with Gasteiger partial charge in [-0.2, -0.15) is 0 Å². The minimum absolute atomic E-state index is 1.18. The number of rotatable bonds is 2. The van der Waals surface area contributed by atoms with E-state index in [1.165, 1.54) is 82.2 Å². The molecule has 4 aromatic heterocycles. The van der Waals surface area contributed by atoms with Crippen LogP contribution in [0.4, 0.5) is 0 Å². The fourth-order valence-electron chi connectivity index (χ4n) is 7.39. The third kappa shape index (κ3) is 2.59. The normalized spacial score (nSPS) is 12.4. The van der Waals surface area contributed by atoms with Crippen molar-refractivity contribution in [3.8, 4) is 11.4 Å². The van der Waals surface area contributed by atoms with Gasteiger partial charge in [0.05, 0.1) is 33.1 Å². The Morgan fingerprint density at radius 2 is 0.951 bits per heavy atom. The zero-order valence-corrected chi connectivity index (χ0v) is 22.1. The highest BCUT2D eigenvalue weighted by Crippen LogP contribution is 2.45. The number of benzene rings is 6. The van der Waals surface area contributed by atoms with Crippen LogP contribution in [0.3, 0.4) is 0 Å². The van der Waals surface area contributed by atoms with E-state index < -0.39 is 0 Å². The van der Waals surface area contributed by atoms with E-state index in [4.69, 9.17) is 0 Å². The van der Waals surface area contributed by atoms with E-state index in [2.05, 4.69) is 153 Å². The fourth-order valence-corrected chi connectivity index (χ4v) is 7.39. The third-order valence-corrected chi connectivity index (χ3v) is 8.97. The van der Waals surface area contributed by atoms with Crippen LogP contribution in [0, 0.1) is 0 Å². The van der Waals surface area contributed by atoms with Crippen molar-refractivity contribution in [3.05, 3.63) is 140 Å². The molecule has 0 aliphatic heterocycles. The van der Waals surface area contributed by atoms with E-state index in [1.807, 2.05) is 0 Å². The van der Waals surface area contributed by atoms with Crippen molar-refractivity contribution < 1.29 is 0 Å². The molecule has 0 spiro atoms. The number of nitrogens with zero attached hydrogens (tertiary/aromatic N) is 3. The number of hydrogen-bond acceptors (Lipinski definition) is 0. The summed E-state index contributed by atoms with van der Waals surface area (Å²) in [6.45, 7) is 0. The van der Waals surface area contributed by atoms with Gasteiger partial charge >= 0.3 is 0 Å². The Bertz CT molecular complexity index is 2610. The summed E-state index contributed by atoms with van der Waals surface area (Å²) >= 11 is 0. The van der Waals surface area contributed by atoms with Crippen LogP contribution < -0.4 is 0 Å². The van der Waals surface area contributed by atoms with Crippen molar-refractivity contribution in [2.45, 2.75) is 0 Å². The van der Waals surface area contributed by atoms with E-state index in [0.717, 1.165) is 0 Å². The van der Waals surface area contributed by atoms with Crippen molar-refractivity contribution in [1.82, 2.24) is 13.5 Å². The molecule has 0 aliphatic rings. The Morgan fingerprint density at radius 3 is 1.71 bits per heavy atom. The Morgan fingerprint density at radius 1 is 0.341 bits per heavy atom. The molecule has 6 aromatic carbocycles. The largest absolute Gasteiger partial charge is 0.315 e. The van der Waals surface area contributed by atoms with Crippen molar-refractivity contribution in [2.75, 3.05) is 0 Å². The van der Waals surface area contributed by atoms with Crippen LogP contribution in [0.2, 0.25) is 0 Å². The highest BCUT2D eigenvalue weighted by molar-refractivity contribution is 6.32. The second kappa shape index (κ2) is 7.56. The average molecular weight is 522 g/mol. The molecule has 10 aromatic rings. The molecule has 41 heavy (non-hydrogen) atoms. The maximum absolute atomic E-state index is 2.44. The molecular formula is C38H23N3. The molecule has 3 nitrogen and oxygen atoms in total. The van der Waals surface area contributed by atoms with E-state index in [-0.39, 0.29) is 0 Å². The number of fused-ring (bicyclic) bond motifs is 11. The molecule has 0 unspecified atom stereocenters. The van der Waals surface area contributed by atoms with Crippen LogP contribution in [-0.4, -0.2) is 13.5 Å². The molecule has 0 radical (unpaired) electrons. The van der Waals surface area contributed by atoms with Gasteiger partial charge in [-0.3, -0.25) is 0 Å². The zero-order chi connectivity index (χ0) is 26.7. The van der Waals surface area contributed by atoms with Gasteiger partial charge in [-0.05, 0) is 54.6 Å². The molecule has 0 fully saturated rings. The molecule has 0 atom stereocenters. The lowest BCUT2D eigenvalue weighted by Crippen LogP contribution is -1.93. The lowest BCUT2D eigenvalue weighted by atomic mass is 10.0. The quantitative estimate of drug-likeness (QED) is 0.215. The summed E-state index contributed by atoms with van der Waals surface area (Å²) in [6.07, 6.45) is 2.28. The molecule has 0 aliphatic carbocycles. The van der Waals surface area contributed by atoms with E-state index in [1.54, 1.807) is 0 Å². The van der Waals surface area contributed by atoms with Crippen LogP contribution in [0.25, 0.3) is 82.2 Å². The SMILES string of the molecule is c1ccc(-n2c3ccccc3c3c2ccc2c4cc5c6ccccc6n(-c6ccccc6)c5c5ccn(c45)c23)cc1. The van der Waals surface area contributed by atoms with E-state index in [0.29, 0.717) is 0 Å². The molecular weight excluding hydrogens is 498 g/mol. The van der Waals surface area contributed by atoms with Gasteiger partial charge in [0.25, 0.3) is 0 Å². The van der Waals surface area contributed by atoms with Crippen LogP contribution in [0.1, 0.15) is 0 Å². The lowest BCUT2D eigenvalue weighted by molar-refractivity contribution is 1.18. The first-order valence-electron chi connectivity index (χ1n) is 14.1. The van der Waals surface area contributed by atoms with Gasteiger partial charge in [0.2, 0.25) is 0 Å².